The number of benzene rings is 1. The van der Waals surface area contributed by atoms with Crippen molar-refractivity contribution in [2.45, 2.75) is 38.2 Å². The second-order valence-corrected chi connectivity index (χ2v) is 7.52. The van der Waals surface area contributed by atoms with E-state index >= 15 is 0 Å². The predicted molar refractivity (Wildman–Crippen MR) is 84.4 cm³/mol. The second-order valence-electron chi connectivity index (χ2n) is 5.90. The quantitative estimate of drug-likeness (QED) is 0.204. The van der Waals surface area contributed by atoms with E-state index in [0.29, 0.717) is 0 Å². The molecule has 0 aliphatic carbocycles. The van der Waals surface area contributed by atoms with Crippen molar-refractivity contribution in [3.63, 3.8) is 0 Å². The lowest BCUT2D eigenvalue weighted by molar-refractivity contribution is -0.146. The summed E-state index contributed by atoms with van der Waals surface area (Å²) < 4.78 is 33.4. The van der Waals surface area contributed by atoms with Gasteiger partial charge in [-0.3, -0.25) is 8.98 Å². The van der Waals surface area contributed by atoms with Crippen molar-refractivity contribution in [2.24, 2.45) is 5.16 Å². The Kier molecular flexibility index (Phi) is 6.22. The maximum absolute atomic E-state index is 12.0. The SMILES string of the molecule is Cc1ccc(S(=O)(=O)OCC(=O)/C(=N/O)C(=O)OC(C)(C)C)cc1. The number of carbonyl (C=O) groups excluding carboxylic acids is 2. The highest BCUT2D eigenvalue weighted by molar-refractivity contribution is 7.86. The lowest BCUT2D eigenvalue weighted by Gasteiger charge is -2.19. The first kappa shape index (κ1) is 19.8. The first-order valence-electron chi connectivity index (χ1n) is 6.91. The van der Waals surface area contributed by atoms with Gasteiger partial charge in [0, 0.05) is 0 Å². The molecule has 0 unspecified atom stereocenters. The van der Waals surface area contributed by atoms with Gasteiger partial charge in [-0.1, -0.05) is 22.9 Å². The van der Waals surface area contributed by atoms with E-state index in [-0.39, 0.29) is 4.90 Å². The van der Waals surface area contributed by atoms with Crippen LogP contribution in [0.5, 0.6) is 0 Å². The van der Waals surface area contributed by atoms with Gasteiger partial charge in [0.05, 0.1) is 4.90 Å². The van der Waals surface area contributed by atoms with E-state index in [0.717, 1.165) is 5.56 Å². The molecule has 0 atom stereocenters. The molecule has 1 N–H and O–H groups in total. The molecular formula is C15H19NO7S. The third-order valence-electron chi connectivity index (χ3n) is 2.61. The maximum atomic E-state index is 12.0. The number of carbonyl (C=O) groups is 2. The standard InChI is InChI=1S/C15H19NO7S/c1-10-5-7-11(8-6-10)24(20,21)22-9-12(17)13(16-19)14(18)23-15(2,3)4/h5-8,19H,9H2,1-4H3/b16-13-. The lowest BCUT2D eigenvalue weighted by atomic mass is 10.2. The summed E-state index contributed by atoms with van der Waals surface area (Å²) >= 11 is 0. The minimum Gasteiger partial charge on any atom is -0.455 e. The van der Waals surface area contributed by atoms with E-state index in [1.807, 2.05) is 0 Å². The number of oxime groups is 1. The van der Waals surface area contributed by atoms with Crippen LogP contribution >= 0.6 is 0 Å². The van der Waals surface area contributed by atoms with Crippen molar-refractivity contribution in [1.29, 1.82) is 0 Å². The molecule has 0 heterocycles. The molecule has 0 fully saturated rings. The average Bonchev–Trinajstić information content (AvgIpc) is 2.44. The molecule has 1 aromatic carbocycles. The number of ether oxygens (including phenoxy) is 1. The molecule has 0 saturated carbocycles. The van der Waals surface area contributed by atoms with Crippen LogP contribution in [0.1, 0.15) is 26.3 Å². The molecule has 8 nitrogen and oxygen atoms in total. The van der Waals surface area contributed by atoms with Crippen LogP contribution in [0.4, 0.5) is 0 Å². The van der Waals surface area contributed by atoms with E-state index < -0.39 is 39.8 Å². The summed E-state index contributed by atoms with van der Waals surface area (Å²) in [6.07, 6.45) is 0. The summed E-state index contributed by atoms with van der Waals surface area (Å²) in [7, 11) is -4.18. The molecule has 0 saturated heterocycles. The number of aryl methyl sites for hydroxylation is 1. The second kappa shape index (κ2) is 7.54. The molecule has 0 amide bonds. The first-order valence-corrected chi connectivity index (χ1v) is 8.32. The number of Topliss-reactive ketones (excluding diaryl/α,β-unsaturated/α-hetero) is 1. The Balaban J connectivity index is 2.80. The van der Waals surface area contributed by atoms with E-state index in [9.17, 15) is 18.0 Å². The minimum atomic E-state index is -4.18. The molecule has 132 valence electrons. The van der Waals surface area contributed by atoms with Gasteiger partial charge in [-0.25, -0.2) is 4.79 Å². The summed E-state index contributed by atoms with van der Waals surface area (Å²) in [6, 6.07) is 5.78. The summed E-state index contributed by atoms with van der Waals surface area (Å²) in [5.41, 5.74) is -1.00. The largest absolute Gasteiger partial charge is 0.455 e. The van der Waals surface area contributed by atoms with E-state index in [1.54, 1.807) is 39.8 Å². The zero-order valence-electron chi connectivity index (χ0n) is 13.8. The third kappa shape index (κ3) is 5.74. The lowest BCUT2D eigenvalue weighted by Crippen LogP contribution is -2.35. The predicted octanol–water partition coefficient (Wildman–Crippen LogP) is 1.44. The van der Waals surface area contributed by atoms with E-state index in [2.05, 4.69) is 9.34 Å². The van der Waals surface area contributed by atoms with Crippen molar-refractivity contribution >= 4 is 27.6 Å². The Hall–Kier alpha value is -2.26. The van der Waals surface area contributed by atoms with Crippen LogP contribution in [0.25, 0.3) is 0 Å². The summed E-state index contributed by atoms with van der Waals surface area (Å²) in [6.45, 7) is 5.47. The van der Waals surface area contributed by atoms with Gasteiger partial charge in [0.2, 0.25) is 11.5 Å². The van der Waals surface area contributed by atoms with Gasteiger partial charge in [0.1, 0.15) is 12.2 Å². The van der Waals surface area contributed by atoms with Crippen LogP contribution in [0, 0.1) is 6.92 Å². The van der Waals surface area contributed by atoms with E-state index in [4.69, 9.17) is 9.94 Å². The molecule has 24 heavy (non-hydrogen) atoms. The molecule has 9 heteroatoms. The summed E-state index contributed by atoms with van der Waals surface area (Å²) in [5, 5.41) is 11.4. The maximum Gasteiger partial charge on any atom is 0.364 e. The molecule has 0 aliphatic rings. The normalized spacial score (nSPS) is 12.8. The van der Waals surface area contributed by atoms with Crippen molar-refractivity contribution < 1.29 is 32.1 Å². The van der Waals surface area contributed by atoms with Gasteiger partial charge in [-0.15, -0.1) is 0 Å². The van der Waals surface area contributed by atoms with Crippen LogP contribution in [-0.4, -0.2) is 43.3 Å². The molecule has 1 aromatic rings. The highest BCUT2D eigenvalue weighted by Gasteiger charge is 2.29. The molecule has 0 aliphatic heterocycles. The summed E-state index contributed by atoms with van der Waals surface area (Å²) in [5.74, 6) is -2.30. The van der Waals surface area contributed by atoms with Crippen LogP contribution < -0.4 is 0 Å². The topological polar surface area (TPSA) is 119 Å². The van der Waals surface area contributed by atoms with Crippen LogP contribution in [0.15, 0.2) is 34.3 Å². The van der Waals surface area contributed by atoms with E-state index in [1.165, 1.54) is 12.1 Å². The average molecular weight is 357 g/mol. The van der Waals surface area contributed by atoms with Crippen molar-refractivity contribution in [1.82, 2.24) is 0 Å². The Labute approximate surface area is 140 Å². The van der Waals surface area contributed by atoms with Crippen LogP contribution in [0.2, 0.25) is 0 Å². The zero-order valence-corrected chi connectivity index (χ0v) is 14.6. The fourth-order valence-electron chi connectivity index (χ4n) is 1.51. The number of nitrogens with zero attached hydrogens (tertiary/aromatic N) is 1. The molecular weight excluding hydrogens is 338 g/mol. The fourth-order valence-corrected chi connectivity index (χ4v) is 2.38. The Bertz CT molecular complexity index is 743. The smallest absolute Gasteiger partial charge is 0.364 e. The van der Waals surface area contributed by atoms with Gasteiger partial charge < -0.3 is 9.94 Å². The molecule has 0 radical (unpaired) electrons. The Morgan fingerprint density at radius 2 is 1.71 bits per heavy atom. The molecule has 1 rings (SSSR count). The molecule has 0 aromatic heterocycles. The number of esters is 1. The number of hydrogen-bond donors (Lipinski definition) is 1. The van der Waals surface area contributed by atoms with Gasteiger partial charge >= 0.3 is 5.97 Å². The number of ketones is 1. The molecule has 0 bridgehead atoms. The minimum absolute atomic E-state index is 0.138. The van der Waals surface area contributed by atoms with Gasteiger partial charge in [-0.2, -0.15) is 8.42 Å². The highest BCUT2D eigenvalue weighted by Crippen LogP contribution is 2.13. The zero-order chi connectivity index (χ0) is 18.5. The molecule has 0 spiro atoms. The highest BCUT2D eigenvalue weighted by atomic mass is 32.2. The van der Waals surface area contributed by atoms with Crippen molar-refractivity contribution in [3.05, 3.63) is 29.8 Å². The van der Waals surface area contributed by atoms with Gasteiger partial charge in [0.15, 0.2) is 0 Å². The van der Waals surface area contributed by atoms with Crippen LogP contribution in [-0.2, 0) is 28.6 Å². The van der Waals surface area contributed by atoms with Crippen molar-refractivity contribution in [3.8, 4) is 0 Å². The number of hydrogen-bond acceptors (Lipinski definition) is 8. The van der Waals surface area contributed by atoms with Crippen LogP contribution in [0.3, 0.4) is 0 Å². The Morgan fingerprint density at radius 3 is 2.17 bits per heavy atom. The number of rotatable bonds is 6. The third-order valence-corrected chi connectivity index (χ3v) is 3.89. The summed E-state index contributed by atoms with van der Waals surface area (Å²) in [4.78, 5) is 23.4. The Morgan fingerprint density at radius 1 is 1.17 bits per heavy atom. The first-order chi connectivity index (χ1) is 11.0. The monoisotopic (exact) mass is 357 g/mol. The van der Waals surface area contributed by atoms with Crippen molar-refractivity contribution in [2.75, 3.05) is 6.61 Å². The van der Waals surface area contributed by atoms with Gasteiger partial charge in [0.25, 0.3) is 10.1 Å². The fraction of sp³-hybridized carbons (Fsp3) is 0.400. The van der Waals surface area contributed by atoms with Gasteiger partial charge in [-0.05, 0) is 39.8 Å².